The van der Waals surface area contributed by atoms with Crippen molar-refractivity contribution in [3.8, 4) is 10.7 Å². The van der Waals surface area contributed by atoms with Crippen LogP contribution in [0.15, 0.2) is 66.4 Å². The van der Waals surface area contributed by atoms with Crippen LogP contribution in [0.4, 0.5) is 5.69 Å². The van der Waals surface area contributed by atoms with Crippen molar-refractivity contribution in [1.82, 2.24) is 10.1 Å². The smallest absolute Gasteiger partial charge is 0.271 e. The molecular weight excluding hydrogens is 470 g/mol. The van der Waals surface area contributed by atoms with Crippen LogP contribution in [0.3, 0.4) is 0 Å². The van der Waals surface area contributed by atoms with Crippen LogP contribution in [0.1, 0.15) is 11.5 Å². The maximum absolute atomic E-state index is 12.6. The molecule has 0 amide bonds. The van der Waals surface area contributed by atoms with E-state index in [4.69, 9.17) is 4.52 Å². The third-order valence-electron chi connectivity index (χ3n) is 3.63. The number of benzene rings is 1. The molecule has 0 saturated heterocycles. The molecule has 0 radical (unpaired) electrons. The first-order valence-electron chi connectivity index (χ1n) is 7.74. The molecule has 0 spiro atoms. The highest BCUT2D eigenvalue weighted by molar-refractivity contribution is 9.11. The van der Waals surface area contributed by atoms with Gasteiger partial charge in [-0.25, -0.2) is 8.42 Å². The number of thiophene rings is 2. The van der Waals surface area contributed by atoms with Gasteiger partial charge in [0.25, 0.3) is 10.0 Å². The zero-order valence-corrected chi connectivity index (χ0v) is 17.7. The molecule has 3 heterocycles. The van der Waals surface area contributed by atoms with Crippen LogP contribution in [-0.2, 0) is 16.4 Å². The van der Waals surface area contributed by atoms with E-state index in [0.29, 0.717) is 23.8 Å². The van der Waals surface area contributed by atoms with Crippen molar-refractivity contribution >= 4 is 54.3 Å². The summed E-state index contributed by atoms with van der Waals surface area (Å²) in [6, 6.07) is 14.3. The SMILES string of the molecule is O=S(=O)(Nc1ccccc1Cc1nc(-c2cccs2)no1)c1ccc(Br)s1. The van der Waals surface area contributed by atoms with E-state index >= 15 is 0 Å². The molecule has 0 fully saturated rings. The molecule has 4 rings (SSSR count). The molecule has 3 aromatic heterocycles. The van der Waals surface area contributed by atoms with Gasteiger partial charge >= 0.3 is 0 Å². The van der Waals surface area contributed by atoms with Crippen molar-refractivity contribution in [1.29, 1.82) is 0 Å². The van der Waals surface area contributed by atoms with Crippen LogP contribution in [0.25, 0.3) is 10.7 Å². The molecule has 0 atom stereocenters. The van der Waals surface area contributed by atoms with Gasteiger partial charge in [-0.05, 0) is 51.1 Å². The number of hydrogen-bond acceptors (Lipinski definition) is 7. The van der Waals surface area contributed by atoms with E-state index in [2.05, 4.69) is 30.8 Å². The van der Waals surface area contributed by atoms with Crippen LogP contribution >= 0.6 is 38.6 Å². The second-order valence-corrected chi connectivity index (χ2v) is 10.8. The average molecular weight is 482 g/mol. The normalized spacial score (nSPS) is 11.6. The number of anilines is 1. The fourth-order valence-electron chi connectivity index (χ4n) is 2.41. The Morgan fingerprint density at radius 2 is 1.96 bits per heavy atom. The molecule has 1 N–H and O–H groups in total. The number of rotatable bonds is 6. The highest BCUT2D eigenvalue weighted by Gasteiger charge is 2.19. The predicted octanol–water partition coefficient (Wildman–Crippen LogP) is 5.01. The minimum atomic E-state index is -3.66. The lowest BCUT2D eigenvalue weighted by atomic mass is 10.1. The van der Waals surface area contributed by atoms with E-state index in [1.165, 1.54) is 11.3 Å². The Bertz CT molecular complexity index is 1170. The van der Waals surface area contributed by atoms with Gasteiger partial charge in [0.05, 0.1) is 20.8 Å². The summed E-state index contributed by atoms with van der Waals surface area (Å²) in [6.45, 7) is 0. The summed E-state index contributed by atoms with van der Waals surface area (Å²) in [7, 11) is -3.66. The Labute approximate surface area is 172 Å². The van der Waals surface area contributed by atoms with Crippen LogP contribution in [-0.4, -0.2) is 18.6 Å². The third kappa shape index (κ3) is 4.13. The van der Waals surface area contributed by atoms with Gasteiger partial charge in [-0.2, -0.15) is 4.98 Å². The molecule has 1 aromatic carbocycles. The van der Waals surface area contributed by atoms with E-state index in [9.17, 15) is 8.42 Å². The minimum absolute atomic E-state index is 0.238. The van der Waals surface area contributed by atoms with E-state index in [0.717, 1.165) is 25.6 Å². The second-order valence-electron chi connectivity index (χ2n) is 5.49. The van der Waals surface area contributed by atoms with Gasteiger partial charge in [0, 0.05) is 0 Å². The first-order chi connectivity index (χ1) is 13.0. The Morgan fingerprint density at radius 1 is 1.11 bits per heavy atom. The molecule has 0 unspecified atom stereocenters. The number of aromatic nitrogens is 2. The highest BCUT2D eigenvalue weighted by Crippen LogP contribution is 2.29. The zero-order valence-electron chi connectivity index (χ0n) is 13.6. The maximum Gasteiger partial charge on any atom is 0.271 e. The lowest BCUT2D eigenvalue weighted by Gasteiger charge is -2.10. The number of para-hydroxylation sites is 1. The van der Waals surface area contributed by atoms with Crippen molar-refractivity contribution in [3.05, 3.63) is 69.2 Å². The van der Waals surface area contributed by atoms with Gasteiger partial charge in [-0.15, -0.1) is 22.7 Å². The first kappa shape index (κ1) is 18.4. The lowest BCUT2D eigenvalue weighted by molar-refractivity contribution is 0.386. The minimum Gasteiger partial charge on any atom is -0.339 e. The van der Waals surface area contributed by atoms with Gasteiger partial charge in [0.1, 0.15) is 4.21 Å². The Kier molecular flexibility index (Phi) is 5.13. The molecule has 0 aliphatic carbocycles. The van der Waals surface area contributed by atoms with Crippen LogP contribution < -0.4 is 4.72 Å². The van der Waals surface area contributed by atoms with Gasteiger partial charge in [-0.1, -0.05) is 29.4 Å². The summed E-state index contributed by atoms with van der Waals surface area (Å²) >= 11 is 5.97. The largest absolute Gasteiger partial charge is 0.339 e. The van der Waals surface area contributed by atoms with Crippen LogP contribution in [0.5, 0.6) is 0 Å². The number of nitrogens with zero attached hydrogens (tertiary/aromatic N) is 2. The van der Waals surface area contributed by atoms with Crippen molar-refractivity contribution in [3.63, 3.8) is 0 Å². The van der Waals surface area contributed by atoms with Crippen molar-refractivity contribution in [2.75, 3.05) is 4.72 Å². The van der Waals surface area contributed by atoms with Crippen molar-refractivity contribution in [2.45, 2.75) is 10.6 Å². The van der Waals surface area contributed by atoms with E-state index < -0.39 is 10.0 Å². The van der Waals surface area contributed by atoms with Gasteiger partial charge in [0.15, 0.2) is 0 Å². The van der Waals surface area contributed by atoms with Gasteiger partial charge in [0.2, 0.25) is 11.7 Å². The number of nitrogens with one attached hydrogen (secondary N) is 1. The number of halogens is 1. The summed E-state index contributed by atoms with van der Waals surface area (Å²) in [5.41, 5.74) is 1.23. The molecule has 27 heavy (non-hydrogen) atoms. The van der Waals surface area contributed by atoms with E-state index in [-0.39, 0.29) is 4.21 Å². The summed E-state index contributed by atoms with van der Waals surface area (Å²) < 4.78 is 34.2. The molecule has 0 aliphatic rings. The summed E-state index contributed by atoms with van der Waals surface area (Å²) in [6.07, 6.45) is 0.325. The first-order valence-corrected chi connectivity index (χ1v) is 11.7. The van der Waals surface area contributed by atoms with Crippen molar-refractivity contribution in [2.24, 2.45) is 0 Å². The molecule has 0 saturated carbocycles. The standard InChI is InChI=1S/C17H12BrN3O3S3/c18-14-7-8-16(26-14)27(22,23)21-12-5-2-1-4-11(12)10-15-19-17(20-24-15)13-6-3-9-25-13/h1-9,21H,10H2. The zero-order chi connectivity index (χ0) is 18.9. The number of hydrogen-bond donors (Lipinski definition) is 1. The molecular formula is C17H12BrN3O3S3. The topological polar surface area (TPSA) is 85.1 Å². The van der Waals surface area contributed by atoms with Gasteiger partial charge in [-0.3, -0.25) is 4.72 Å². The highest BCUT2D eigenvalue weighted by atomic mass is 79.9. The maximum atomic E-state index is 12.6. The second kappa shape index (κ2) is 7.55. The van der Waals surface area contributed by atoms with Crippen molar-refractivity contribution < 1.29 is 12.9 Å². The Morgan fingerprint density at radius 3 is 2.70 bits per heavy atom. The van der Waals surface area contributed by atoms with Gasteiger partial charge < -0.3 is 4.52 Å². The molecule has 10 heteroatoms. The molecule has 4 aromatic rings. The molecule has 0 bridgehead atoms. The fraction of sp³-hybridized carbons (Fsp3) is 0.0588. The number of sulfonamides is 1. The van der Waals surface area contributed by atoms with Crippen LogP contribution in [0, 0.1) is 0 Å². The Hall–Kier alpha value is -2.01. The quantitative estimate of drug-likeness (QED) is 0.418. The van der Waals surface area contributed by atoms with E-state index in [1.54, 1.807) is 24.3 Å². The lowest BCUT2D eigenvalue weighted by Crippen LogP contribution is -2.13. The molecule has 138 valence electrons. The Balaban J connectivity index is 1.58. The monoisotopic (exact) mass is 481 g/mol. The third-order valence-corrected chi connectivity index (χ3v) is 7.97. The van der Waals surface area contributed by atoms with Crippen LogP contribution in [0.2, 0.25) is 0 Å². The predicted molar refractivity (Wildman–Crippen MR) is 110 cm³/mol. The summed E-state index contributed by atoms with van der Waals surface area (Å²) in [4.78, 5) is 5.32. The summed E-state index contributed by atoms with van der Waals surface area (Å²) in [5, 5.41) is 5.93. The molecule has 6 nitrogen and oxygen atoms in total. The molecule has 0 aliphatic heterocycles. The summed E-state index contributed by atoms with van der Waals surface area (Å²) in [5.74, 6) is 0.949. The van der Waals surface area contributed by atoms with E-state index in [1.807, 2.05) is 29.6 Å². The fourth-order valence-corrected chi connectivity index (χ4v) is 6.17. The average Bonchev–Trinajstić information content (AvgIpc) is 3.37.